The summed E-state index contributed by atoms with van der Waals surface area (Å²) in [6.45, 7) is 0. The van der Waals surface area contributed by atoms with Gasteiger partial charge in [0.2, 0.25) is 5.78 Å². The lowest BCUT2D eigenvalue weighted by Crippen LogP contribution is -2.41. The number of carbonyl (C=O) groups excluding carboxylic acids is 2. The van der Waals surface area contributed by atoms with E-state index in [1.165, 1.54) is 0 Å². The molecule has 1 heterocycles. The number of nitrogens with zero attached hydrogens (tertiary/aromatic N) is 1. The molecule has 1 unspecified atom stereocenters. The molecule has 3 rings (SSSR count). The van der Waals surface area contributed by atoms with E-state index in [2.05, 4.69) is 26.2 Å². The number of hydrogen-bond donors (Lipinski definition) is 1. The lowest BCUT2D eigenvalue weighted by molar-refractivity contribution is -0.114. The van der Waals surface area contributed by atoms with E-state index in [0.717, 1.165) is 10.0 Å². The van der Waals surface area contributed by atoms with Crippen LogP contribution >= 0.6 is 15.9 Å². The van der Waals surface area contributed by atoms with Gasteiger partial charge in [0, 0.05) is 10.0 Å². The summed E-state index contributed by atoms with van der Waals surface area (Å²) < 4.78 is 0.915. The second-order valence-electron chi connectivity index (χ2n) is 4.62. The molecule has 0 aromatic heterocycles. The minimum absolute atomic E-state index is 0.201. The van der Waals surface area contributed by atoms with Crippen molar-refractivity contribution in [2.45, 2.75) is 6.04 Å². The van der Waals surface area contributed by atoms with Gasteiger partial charge < -0.3 is 5.32 Å². The molecular weight excluding hydrogens is 332 g/mol. The highest BCUT2D eigenvalue weighted by atomic mass is 79.9. The Balaban J connectivity index is 1.99. The molecular formula is C16H11BrN2O2. The molecule has 0 saturated heterocycles. The number of benzene rings is 2. The maximum absolute atomic E-state index is 12.6. The predicted molar refractivity (Wildman–Crippen MR) is 83.4 cm³/mol. The lowest BCUT2D eigenvalue weighted by atomic mass is 9.94. The summed E-state index contributed by atoms with van der Waals surface area (Å²) in [7, 11) is 0. The standard InChI is InChI=1S/C16H11BrN2O2/c17-12-8-6-11(7-9-12)14-15(20)13(18-16(21)19-14)10-4-2-1-3-5-10/h1-9,14H,(H,19,21). The third kappa shape index (κ3) is 2.78. The van der Waals surface area contributed by atoms with E-state index < -0.39 is 12.1 Å². The number of Topliss-reactive ketones (excluding diaryl/α,β-unsaturated/α-hetero) is 1. The van der Waals surface area contributed by atoms with Crippen LogP contribution in [-0.2, 0) is 4.79 Å². The number of urea groups is 1. The van der Waals surface area contributed by atoms with Crippen LogP contribution in [0.5, 0.6) is 0 Å². The fourth-order valence-corrected chi connectivity index (χ4v) is 2.47. The quantitative estimate of drug-likeness (QED) is 0.910. The van der Waals surface area contributed by atoms with Crippen molar-refractivity contribution >= 4 is 33.5 Å². The third-order valence-corrected chi connectivity index (χ3v) is 3.76. The number of rotatable bonds is 2. The highest BCUT2D eigenvalue weighted by Crippen LogP contribution is 2.22. The summed E-state index contributed by atoms with van der Waals surface area (Å²) in [5, 5.41) is 2.61. The van der Waals surface area contributed by atoms with Crippen LogP contribution in [0.2, 0.25) is 0 Å². The van der Waals surface area contributed by atoms with Gasteiger partial charge in [0.15, 0.2) is 0 Å². The Bertz CT molecular complexity index is 724. The van der Waals surface area contributed by atoms with Crippen LogP contribution in [0.1, 0.15) is 17.2 Å². The van der Waals surface area contributed by atoms with Gasteiger partial charge in [0.1, 0.15) is 11.8 Å². The summed E-state index contributed by atoms with van der Waals surface area (Å²) in [6, 6.07) is 15.1. The Morgan fingerprint density at radius 1 is 0.952 bits per heavy atom. The van der Waals surface area contributed by atoms with Crippen LogP contribution in [-0.4, -0.2) is 17.5 Å². The highest BCUT2D eigenvalue weighted by Gasteiger charge is 2.32. The third-order valence-electron chi connectivity index (χ3n) is 3.23. The normalized spacial score (nSPS) is 18.1. The number of ketones is 1. The Labute approximate surface area is 130 Å². The van der Waals surface area contributed by atoms with Gasteiger partial charge in [-0.3, -0.25) is 4.79 Å². The minimum Gasteiger partial charge on any atom is -0.322 e. The Hall–Kier alpha value is -2.27. The van der Waals surface area contributed by atoms with Crippen LogP contribution in [0.15, 0.2) is 64.1 Å². The van der Waals surface area contributed by atoms with Crippen LogP contribution in [0.25, 0.3) is 0 Å². The van der Waals surface area contributed by atoms with Crippen LogP contribution in [0.4, 0.5) is 4.79 Å². The molecule has 4 nitrogen and oxygen atoms in total. The lowest BCUT2D eigenvalue weighted by Gasteiger charge is -2.22. The van der Waals surface area contributed by atoms with Crippen molar-refractivity contribution < 1.29 is 9.59 Å². The molecule has 1 atom stereocenters. The van der Waals surface area contributed by atoms with Crippen LogP contribution < -0.4 is 5.32 Å². The first-order valence-electron chi connectivity index (χ1n) is 6.39. The van der Waals surface area contributed by atoms with Crippen LogP contribution in [0, 0.1) is 0 Å². The monoisotopic (exact) mass is 342 g/mol. The van der Waals surface area contributed by atoms with Gasteiger partial charge in [-0.15, -0.1) is 0 Å². The Morgan fingerprint density at radius 2 is 1.62 bits per heavy atom. The zero-order chi connectivity index (χ0) is 14.8. The molecule has 2 aromatic rings. The van der Waals surface area contributed by atoms with Gasteiger partial charge >= 0.3 is 6.03 Å². The molecule has 21 heavy (non-hydrogen) atoms. The van der Waals surface area contributed by atoms with E-state index in [1.54, 1.807) is 24.3 Å². The van der Waals surface area contributed by atoms with E-state index >= 15 is 0 Å². The van der Waals surface area contributed by atoms with E-state index in [1.807, 2.05) is 30.3 Å². The molecule has 104 valence electrons. The topological polar surface area (TPSA) is 58.5 Å². The SMILES string of the molecule is O=C1N=C(c2ccccc2)C(=O)C(c2ccc(Br)cc2)N1. The summed E-state index contributed by atoms with van der Waals surface area (Å²) in [5.74, 6) is -0.205. The average molecular weight is 343 g/mol. The maximum Gasteiger partial charge on any atom is 0.342 e. The molecule has 0 radical (unpaired) electrons. The van der Waals surface area contributed by atoms with Gasteiger partial charge in [0.25, 0.3) is 0 Å². The van der Waals surface area contributed by atoms with Gasteiger partial charge in [0.05, 0.1) is 0 Å². The Morgan fingerprint density at radius 3 is 2.29 bits per heavy atom. The highest BCUT2D eigenvalue weighted by molar-refractivity contribution is 9.10. The number of amides is 2. The molecule has 1 N–H and O–H groups in total. The zero-order valence-corrected chi connectivity index (χ0v) is 12.5. The van der Waals surface area contributed by atoms with Crippen molar-refractivity contribution in [3.63, 3.8) is 0 Å². The first-order chi connectivity index (χ1) is 10.1. The van der Waals surface area contributed by atoms with Crippen LogP contribution in [0.3, 0.4) is 0 Å². The van der Waals surface area contributed by atoms with E-state index in [4.69, 9.17) is 0 Å². The molecule has 1 aliphatic rings. The number of halogens is 1. The summed E-state index contributed by atoms with van der Waals surface area (Å²) in [4.78, 5) is 28.2. The van der Waals surface area contributed by atoms with Gasteiger partial charge in [-0.1, -0.05) is 58.4 Å². The average Bonchev–Trinajstić information content (AvgIpc) is 2.51. The summed E-state index contributed by atoms with van der Waals surface area (Å²) >= 11 is 3.35. The molecule has 1 aliphatic heterocycles. The van der Waals surface area contributed by atoms with Crippen molar-refractivity contribution in [3.8, 4) is 0 Å². The van der Waals surface area contributed by atoms with Crippen molar-refractivity contribution in [1.29, 1.82) is 0 Å². The number of carbonyl (C=O) groups is 2. The second kappa shape index (κ2) is 5.61. The molecule has 0 bridgehead atoms. The summed E-state index contributed by atoms with van der Waals surface area (Å²) in [6.07, 6.45) is 0. The second-order valence-corrected chi connectivity index (χ2v) is 5.54. The first kappa shape index (κ1) is 13.7. The number of hydrogen-bond acceptors (Lipinski definition) is 2. The van der Waals surface area contributed by atoms with Gasteiger partial charge in [-0.2, -0.15) is 4.99 Å². The van der Waals surface area contributed by atoms with Crippen molar-refractivity contribution in [3.05, 3.63) is 70.2 Å². The van der Waals surface area contributed by atoms with Crippen molar-refractivity contribution in [1.82, 2.24) is 5.32 Å². The minimum atomic E-state index is -0.696. The Kier molecular flexibility index (Phi) is 3.66. The van der Waals surface area contributed by atoms with Crippen molar-refractivity contribution in [2.75, 3.05) is 0 Å². The fourth-order valence-electron chi connectivity index (χ4n) is 2.21. The molecule has 0 spiro atoms. The fraction of sp³-hybridized carbons (Fsp3) is 0.0625. The van der Waals surface area contributed by atoms with Crippen molar-refractivity contribution in [2.24, 2.45) is 4.99 Å². The smallest absolute Gasteiger partial charge is 0.322 e. The maximum atomic E-state index is 12.6. The molecule has 5 heteroatoms. The van der Waals surface area contributed by atoms with Gasteiger partial charge in [-0.05, 0) is 17.7 Å². The molecule has 0 aliphatic carbocycles. The molecule has 0 saturated carbocycles. The number of nitrogens with one attached hydrogen (secondary N) is 1. The molecule has 2 aromatic carbocycles. The molecule has 2 amide bonds. The molecule has 0 fully saturated rings. The largest absolute Gasteiger partial charge is 0.342 e. The van der Waals surface area contributed by atoms with Gasteiger partial charge in [-0.25, -0.2) is 4.79 Å². The van der Waals surface area contributed by atoms with E-state index in [-0.39, 0.29) is 11.5 Å². The predicted octanol–water partition coefficient (Wildman–Crippen LogP) is 3.27. The number of aliphatic imine (C=N–C) groups is 1. The zero-order valence-electron chi connectivity index (χ0n) is 10.9. The van der Waals surface area contributed by atoms with E-state index in [0.29, 0.717) is 5.56 Å². The van der Waals surface area contributed by atoms with E-state index in [9.17, 15) is 9.59 Å². The summed E-state index contributed by atoms with van der Waals surface area (Å²) in [5.41, 5.74) is 1.59. The first-order valence-corrected chi connectivity index (χ1v) is 7.19.